The van der Waals surface area contributed by atoms with Crippen LogP contribution in [0.5, 0.6) is 0 Å². The van der Waals surface area contributed by atoms with Gasteiger partial charge in [-0.3, -0.25) is 14.4 Å². The van der Waals surface area contributed by atoms with Crippen molar-refractivity contribution in [2.75, 3.05) is 11.9 Å². The summed E-state index contributed by atoms with van der Waals surface area (Å²) < 4.78 is 0. The van der Waals surface area contributed by atoms with Gasteiger partial charge in [0.1, 0.15) is 6.04 Å². The molecule has 3 heterocycles. The number of anilines is 1. The standard InChI is InChI=1S/C23H27N3O3S/c1-3-14(4-2)21(27)24-16-9-10-26-19(13-16)22(28)25-18-8-7-15(12-17(18)23(26)29)20-6-5-11-30-20/h5-8,11-12,14,16,19H,3-4,9-10,13H2,1-2H3,(H,24,27)(H,25,28)/t16-,19+/m1/s1. The number of hydrogen-bond acceptors (Lipinski definition) is 4. The van der Waals surface area contributed by atoms with Crippen molar-refractivity contribution in [2.45, 2.75) is 51.6 Å². The van der Waals surface area contributed by atoms with E-state index in [2.05, 4.69) is 10.6 Å². The van der Waals surface area contributed by atoms with E-state index in [9.17, 15) is 14.4 Å². The summed E-state index contributed by atoms with van der Waals surface area (Å²) in [4.78, 5) is 41.5. The number of nitrogens with one attached hydrogen (secondary N) is 2. The number of amides is 3. The first-order chi connectivity index (χ1) is 14.5. The highest BCUT2D eigenvalue weighted by Gasteiger charge is 2.40. The molecule has 2 atom stereocenters. The molecule has 0 unspecified atom stereocenters. The molecule has 30 heavy (non-hydrogen) atoms. The van der Waals surface area contributed by atoms with Crippen LogP contribution >= 0.6 is 11.3 Å². The third kappa shape index (κ3) is 3.86. The first-order valence-corrected chi connectivity index (χ1v) is 11.5. The van der Waals surface area contributed by atoms with Gasteiger partial charge in [-0.2, -0.15) is 0 Å². The van der Waals surface area contributed by atoms with Crippen LogP contribution in [0.2, 0.25) is 0 Å². The van der Waals surface area contributed by atoms with Gasteiger partial charge in [0.05, 0.1) is 11.3 Å². The maximum Gasteiger partial charge on any atom is 0.256 e. The molecule has 6 nitrogen and oxygen atoms in total. The number of carbonyl (C=O) groups excluding carboxylic acids is 3. The van der Waals surface area contributed by atoms with Crippen LogP contribution in [0.15, 0.2) is 35.7 Å². The zero-order chi connectivity index (χ0) is 21.3. The van der Waals surface area contributed by atoms with E-state index in [0.29, 0.717) is 30.6 Å². The smallest absolute Gasteiger partial charge is 0.256 e. The van der Waals surface area contributed by atoms with E-state index in [1.165, 1.54) is 0 Å². The number of thiophene rings is 1. The van der Waals surface area contributed by atoms with Crippen molar-refractivity contribution in [3.05, 3.63) is 41.3 Å². The summed E-state index contributed by atoms with van der Waals surface area (Å²) in [5.74, 6) is -0.279. The van der Waals surface area contributed by atoms with Crippen molar-refractivity contribution in [1.29, 1.82) is 0 Å². The molecule has 3 amide bonds. The Morgan fingerprint density at radius 3 is 2.77 bits per heavy atom. The normalized spacial score (nSPS) is 21.0. The van der Waals surface area contributed by atoms with Crippen molar-refractivity contribution < 1.29 is 14.4 Å². The minimum Gasteiger partial charge on any atom is -0.353 e. The first-order valence-electron chi connectivity index (χ1n) is 10.6. The van der Waals surface area contributed by atoms with Gasteiger partial charge in [-0.1, -0.05) is 26.0 Å². The molecule has 1 aromatic carbocycles. The molecular formula is C23H27N3O3S. The molecule has 2 aliphatic heterocycles. The van der Waals surface area contributed by atoms with Gasteiger partial charge >= 0.3 is 0 Å². The molecule has 1 aromatic heterocycles. The number of hydrogen-bond donors (Lipinski definition) is 2. The topological polar surface area (TPSA) is 78.5 Å². The van der Waals surface area contributed by atoms with Crippen LogP contribution in [0, 0.1) is 5.92 Å². The largest absolute Gasteiger partial charge is 0.353 e. The van der Waals surface area contributed by atoms with Gasteiger partial charge in [0, 0.05) is 23.4 Å². The van der Waals surface area contributed by atoms with E-state index in [1.807, 2.05) is 49.6 Å². The minimum atomic E-state index is -0.573. The summed E-state index contributed by atoms with van der Waals surface area (Å²) in [6.45, 7) is 4.47. The Morgan fingerprint density at radius 2 is 2.07 bits per heavy atom. The number of benzene rings is 1. The van der Waals surface area contributed by atoms with Crippen LogP contribution in [-0.2, 0) is 9.59 Å². The van der Waals surface area contributed by atoms with Gasteiger partial charge in [-0.25, -0.2) is 0 Å². The van der Waals surface area contributed by atoms with Crippen LogP contribution in [0.4, 0.5) is 5.69 Å². The zero-order valence-corrected chi connectivity index (χ0v) is 18.1. The Balaban J connectivity index is 1.55. The lowest BCUT2D eigenvalue weighted by Crippen LogP contribution is -2.55. The second-order valence-corrected chi connectivity index (χ2v) is 8.93. The lowest BCUT2D eigenvalue weighted by Gasteiger charge is -2.37. The maximum absolute atomic E-state index is 13.3. The Morgan fingerprint density at radius 1 is 1.27 bits per heavy atom. The molecule has 0 spiro atoms. The molecule has 2 aromatic rings. The molecule has 0 saturated carbocycles. The highest BCUT2D eigenvalue weighted by atomic mass is 32.1. The second kappa shape index (κ2) is 8.60. The van der Waals surface area contributed by atoms with E-state index >= 15 is 0 Å². The van der Waals surface area contributed by atoms with Crippen LogP contribution in [0.3, 0.4) is 0 Å². The first kappa shape index (κ1) is 20.6. The molecule has 7 heteroatoms. The summed E-state index contributed by atoms with van der Waals surface area (Å²) in [7, 11) is 0. The van der Waals surface area contributed by atoms with Crippen LogP contribution < -0.4 is 10.6 Å². The number of nitrogens with zero attached hydrogens (tertiary/aromatic N) is 1. The van der Waals surface area contributed by atoms with E-state index in [0.717, 1.165) is 23.3 Å². The zero-order valence-electron chi connectivity index (χ0n) is 17.3. The van der Waals surface area contributed by atoms with Gasteiger partial charge in [0.15, 0.2) is 0 Å². The molecule has 0 aliphatic carbocycles. The summed E-state index contributed by atoms with van der Waals surface area (Å²) in [5, 5.41) is 8.04. The predicted octanol–water partition coefficient (Wildman–Crippen LogP) is 3.89. The monoisotopic (exact) mass is 425 g/mol. The molecule has 1 saturated heterocycles. The average molecular weight is 426 g/mol. The van der Waals surface area contributed by atoms with Crippen LogP contribution in [0.1, 0.15) is 49.9 Å². The molecule has 1 fully saturated rings. The minimum absolute atomic E-state index is 0.00690. The van der Waals surface area contributed by atoms with E-state index in [-0.39, 0.29) is 29.7 Å². The Hall–Kier alpha value is -2.67. The van der Waals surface area contributed by atoms with Crippen LogP contribution in [-0.4, -0.2) is 41.2 Å². The average Bonchev–Trinajstić information content (AvgIpc) is 3.26. The number of fused-ring (bicyclic) bond motifs is 2. The Labute approximate surface area is 180 Å². The second-order valence-electron chi connectivity index (χ2n) is 7.98. The summed E-state index contributed by atoms with van der Waals surface area (Å²) in [6.07, 6.45) is 2.69. The molecule has 2 aliphatic rings. The fourth-order valence-electron chi connectivity index (χ4n) is 4.36. The molecule has 2 N–H and O–H groups in total. The Bertz CT molecular complexity index is 953. The third-order valence-electron chi connectivity index (χ3n) is 6.18. The summed E-state index contributed by atoms with van der Waals surface area (Å²) >= 11 is 1.62. The van der Waals surface area contributed by atoms with Gasteiger partial charge < -0.3 is 15.5 Å². The molecule has 0 bridgehead atoms. The number of piperidine rings is 1. The fourth-order valence-corrected chi connectivity index (χ4v) is 5.09. The molecular weight excluding hydrogens is 398 g/mol. The van der Waals surface area contributed by atoms with E-state index in [1.54, 1.807) is 16.2 Å². The van der Waals surface area contributed by atoms with Crippen molar-refractivity contribution in [3.8, 4) is 10.4 Å². The highest BCUT2D eigenvalue weighted by Crippen LogP contribution is 2.33. The van der Waals surface area contributed by atoms with Crippen molar-refractivity contribution in [2.24, 2.45) is 5.92 Å². The van der Waals surface area contributed by atoms with Crippen molar-refractivity contribution in [3.63, 3.8) is 0 Å². The van der Waals surface area contributed by atoms with Crippen LogP contribution in [0.25, 0.3) is 10.4 Å². The predicted molar refractivity (Wildman–Crippen MR) is 118 cm³/mol. The maximum atomic E-state index is 13.3. The van der Waals surface area contributed by atoms with E-state index in [4.69, 9.17) is 0 Å². The molecule has 0 radical (unpaired) electrons. The van der Waals surface area contributed by atoms with Crippen molar-refractivity contribution in [1.82, 2.24) is 10.2 Å². The van der Waals surface area contributed by atoms with E-state index < -0.39 is 6.04 Å². The number of carbonyl (C=O) groups is 3. The summed E-state index contributed by atoms with van der Waals surface area (Å²) in [6, 6.07) is 8.94. The summed E-state index contributed by atoms with van der Waals surface area (Å²) in [5.41, 5.74) is 2.05. The highest BCUT2D eigenvalue weighted by molar-refractivity contribution is 7.13. The SMILES string of the molecule is CCC(CC)C(=O)N[C@@H]1CCN2C(=O)c3cc(-c4cccs4)ccc3NC(=O)[C@@H]2C1. The van der Waals surface area contributed by atoms with Gasteiger partial charge in [-0.05, 0) is 54.8 Å². The third-order valence-corrected chi connectivity index (χ3v) is 7.10. The van der Waals surface area contributed by atoms with Gasteiger partial charge in [-0.15, -0.1) is 11.3 Å². The van der Waals surface area contributed by atoms with Gasteiger partial charge in [0.2, 0.25) is 11.8 Å². The fraction of sp³-hybridized carbons (Fsp3) is 0.435. The lowest BCUT2D eigenvalue weighted by molar-refractivity contribution is -0.127. The van der Waals surface area contributed by atoms with Gasteiger partial charge in [0.25, 0.3) is 5.91 Å². The number of rotatable bonds is 5. The molecule has 158 valence electrons. The van der Waals surface area contributed by atoms with Crippen molar-refractivity contribution >= 4 is 34.7 Å². The Kier molecular flexibility index (Phi) is 5.90. The molecule has 4 rings (SSSR count). The lowest BCUT2D eigenvalue weighted by atomic mass is 9.94. The quantitative estimate of drug-likeness (QED) is 0.763.